The lowest BCUT2D eigenvalue weighted by molar-refractivity contribution is 0.625. The third-order valence-corrected chi connectivity index (χ3v) is 2.87. The van der Waals surface area contributed by atoms with E-state index < -0.39 is 0 Å². The maximum Gasteiger partial charge on any atom is 0.123 e. The van der Waals surface area contributed by atoms with Crippen LogP contribution in [0.4, 0.5) is 4.39 Å². The smallest absolute Gasteiger partial charge is 0.123 e. The van der Waals surface area contributed by atoms with Gasteiger partial charge >= 0.3 is 0 Å². The number of hydrogen-bond acceptors (Lipinski definition) is 1. The summed E-state index contributed by atoms with van der Waals surface area (Å²) >= 11 is 0. The van der Waals surface area contributed by atoms with Crippen LogP contribution in [-0.4, -0.2) is 0 Å². The molecule has 0 fully saturated rings. The Morgan fingerprint density at radius 3 is 2.18 bits per heavy atom. The van der Waals surface area contributed by atoms with Gasteiger partial charge < -0.3 is 5.73 Å². The molecular formula is C15H16FN. The highest BCUT2D eigenvalue weighted by atomic mass is 19.1. The molecule has 0 aliphatic carbocycles. The molecule has 1 atom stereocenters. The van der Waals surface area contributed by atoms with Crippen molar-refractivity contribution in [3.63, 3.8) is 0 Å². The molecule has 0 radical (unpaired) electrons. The van der Waals surface area contributed by atoms with Gasteiger partial charge in [-0.2, -0.15) is 0 Å². The van der Waals surface area contributed by atoms with E-state index in [1.54, 1.807) is 12.1 Å². The van der Waals surface area contributed by atoms with Crippen LogP contribution in [0.15, 0.2) is 48.5 Å². The molecule has 2 heteroatoms. The fraction of sp³-hybridized carbons (Fsp3) is 0.200. The average Bonchev–Trinajstić information content (AvgIpc) is 2.33. The van der Waals surface area contributed by atoms with E-state index >= 15 is 0 Å². The minimum absolute atomic E-state index is 0.0407. The number of hydrogen-bond donors (Lipinski definition) is 1. The molecule has 17 heavy (non-hydrogen) atoms. The first-order chi connectivity index (χ1) is 8.15. The van der Waals surface area contributed by atoms with Crippen LogP contribution in [0.1, 0.15) is 22.7 Å². The van der Waals surface area contributed by atoms with Gasteiger partial charge in [0.05, 0.1) is 0 Å². The van der Waals surface area contributed by atoms with Crippen molar-refractivity contribution < 1.29 is 4.39 Å². The van der Waals surface area contributed by atoms with Crippen molar-refractivity contribution in [3.05, 3.63) is 71.0 Å². The number of nitrogens with two attached hydrogens (primary N) is 1. The highest BCUT2D eigenvalue weighted by Gasteiger charge is 2.06. The van der Waals surface area contributed by atoms with Crippen molar-refractivity contribution >= 4 is 0 Å². The summed E-state index contributed by atoms with van der Waals surface area (Å²) in [5, 5.41) is 0. The van der Waals surface area contributed by atoms with Gasteiger partial charge in [-0.25, -0.2) is 4.39 Å². The molecule has 0 aliphatic heterocycles. The first-order valence-corrected chi connectivity index (χ1v) is 5.72. The fourth-order valence-electron chi connectivity index (χ4n) is 1.81. The first-order valence-electron chi connectivity index (χ1n) is 5.72. The van der Waals surface area contributed by atoms with Crippen LogP contribution < -0.4 is 5.73 Å². The SMILES string of the molecule is Cc1ccc(C(N)Cc2ccc(F)cc2)cc1. The van der Waals surface area contributed by atoms with E-state index in [1.165, 1.54) is 17.7 Å². The van der Waals surface area contributed by atoms with Crippen molar-refractivity contribution in [2.45, 2.75) is 19.4 Å². The summed E-state index contributed by atoms with van der Waals surface area (Å²) in [5.74, 6) is -0.211. The van der Waals surface area contributed by atoms with Crippen molar-refractivity contribution in [2.75, 3.05) is 0 Å². The van der Waals surface area contributed by atoms with Crippen LogP contribution in [0.3, 0.4) is 0 Å². The summed E-state index contributed by atoms with van der Waals surface area (Å²) in [6.07, 6.45) is 0.726. The van der Waals surface area contributed by atoms with E-state index in [0.29, 0.717) is 0 Å². The summed E-state index contributed by atoms with van der Waals surface area (Å²) < 4.78 is 12.8. The Balaban J connectivity index is 2.08. The largest absolute Gasteiger partial charge is 0.324 e. The van der Waals surface area contributed by atoms with Gasteiger partial charge in [0.15, 0.2) is 0 Å². The van der Waals surface area contributed by atoms with Gasteiger partial charge in [0.25, 0.3) is 0 Å². The highest BCUT2D eigenvalue weighted by molar-refractivity contribution is 5.26. The Labute approximate surface area is 101 Å². The van der Waals surface area contributed by atoms with Gasteiger partial charge in [-0.1, -0.05) is 42.0 Å². The van der Waals surface area contributed by atoms with E-state index in [2.05, 4.69) is 19.1 Å². The van der Waals surface area contributed by atoms with Gasteiger partial charge in [0.2, 0.25) is 0 Å². The molecule has 0 saturated carbocycles. The summed E-state index contributed by atoms with van der Waals surface area (Å²) in [7, 11) is 0. The van der Waals surface area contributed by atoms with Gasteiger partial charge in [-0.3, -0.25) is 0 Å². The average molecular weight is 229 g/mol. The van der Waals surface area contributed by atoms with Crippen LogP contribution >= 0.6 is 0 Å². The summed E-state index contributed by atoms with van der Waals surface area (Å²) in [6.45, 7) is 2.05. The maximum atomic E-state index is 12.8. The van der Waals surface area contributed by atoms with E-state index in [0.717, 1.165) is 17.5 Å². The second kappa shape index (κ2) is 5.11. The van der Waals surface area contributed by atoms with Gasteiger partial charge in [0, 0.05) is 6.04 Å². The molecule has 2 aromatic carbocycles. The molecule has 0 saturated heterocycles. The monoisotopic (exact) mass is 229 g/mol. The Hall–Kier alpha value is -1.67. The quantitative estimate of drug-likeness (QED) is 0.858. The molecule has 0 heterocycles. The predicted molar refractivity (Wildman–Crippen MR) is 68.2 cm³/mol. The van der Waals surface area contributed by atoms with Gasteiger partial charge in [-0.15, -0.1) is 0 Å². The summed E-state index contributed by atoms with van der Waals surface area (Å²) in [4.78, 5) is 0. The summed E-state index contributed by atoms with van der Waals surface area (Å²) in [6, 6.07) is 14.7. The third kappa shape index (κ3) is 3.14. The third-order valence-electron chi connectivity index (χ3n) is 2.87. The zero-order chi connectivity index (χ0) is 12.3. The van der Waals surface area contributed by atoms with Crippen molar-refractivity contribution in [1.82, 2.24) is 0 Å². The lowest BCUT2D eigenvalue weighted by Gasteiger charge is -2.12. The van der Waals surface area contributed by atoms with Gasteiger partial charge in [-0.05, 0) is 36.6 Å². The number of benzene rings is 2. The van der Waals surface area contributed by atoms with Crippen molar-refractivity contribution in [2.24, 2.45) is 5.73 Å². The van der Waals surface area contributed by atoms with Gasteiger partial charge in [0.1, 0.15) is 5.82 Å². The standard InChI is InChI=1S/C15H16FN/c1-11-2-6-13(7-3-11)15(17)10-12-4-8-14(16)9-5-12/h2-9,15H,10,17H2,1H3. The lowest BCUT2D eigenvalue weighted by atomic mass is 9.99. The Kier molecular flexibility index (Phi) is 3.55. The number of halogens is 1. The second-order valence-electron chi connectivity index (χ2n) is 4.35. The molecule has 1 unspecified atom stereocenters. The zero-order valence-electron chi connectivity index (χ0n) is 9.86. The number of rotatable bonds is 3. The zero-order valence-corrected chi connectivity index (χ0v) is 9.86. The van der Waals surface area contributed by atoms with E-state index in [9.17, 15) is 4.39 Å². The summed E-state index contributed by atoms with van der Waals surface area (Å²) in [5.41, 5.74) is 9.51. The van der Waals surface area contributed by atoms with Crippen LogP contribution in [-0.2, 0) is 6.42 Å². The molecule has 0 amide bonds. The minimum atomic E-state index is -0.211. The Bertz CT molecular complexity index is 473. The topological polar surface area (TPSA) is 26.0 Å². The molecule has 0 aromatic heterocycles. The molecule has 2 aromatic rings. The molecular weight excluding hydrogens is 213 g/mol. The molecule has 0 spiro atoms. The van der Waals surface area contributed by atoms with Crippen LogP contribution in [0.5, 0.6) is 0 Å². The van der Waals surface area contributed by atoms with Crippen molar-refractivity contribution in [3.8, 4) is 0 Å². The molecule has 0 bridgehead atoms. The minimum Gasteiger partial charge on any atom is -0.324 e. The normalized spacial score (nSPS) is 12.4. The fourth-order valence-corrected chi connectivity index (χ4v) is 1.81. The van der Waals surface area contributed by atoms with E-state index in [4.69, 9.17) is 5.73 Å². The number of aryl methyl sites for hydroxylation is 1. The Morgan fingerprint density at radius 2 is 1.59 bits per heavy atom. The van der Waals surface area contributed by atoms with E-state index in [-0.39, 0.29) is 11.9 Å². The Morgan fingerprint density at radius 1 is 1.00 bits per heavy atom. The molecule has 0 aliphatic rings. The highest BCUT2D eigenvalue weighted by Crippen LogP contribution is 2.16. The first kappa shape index (κ1) is 11.8. The van der Waals surface area contributed by atoms with Crippen molar-refractivity contribution in [1.29, 1.82) is 0 Å². The van der Waals surface area contributed by atoms with Crippen LogP contribution in [0, 0.1) is 12.7 Å². The molecule has 2 N–H and O–H groups in total. The van der Waals surface area contributed by atoms with Crippen LogP contribution in [0.25, 0.3) is 0 Å². The molecule has 1 nitrogen and oxygen atoms in total. The predicted octanol–water partition coefficient (Wildman–Crippen LogP) is 3.38. The molecule has 2 rings (SSSR count). The second-order valence-corrected chi connectivity index (χ2v) is 4.35. The van der Waals surface area contributed by atoms with Crippen LogP contribution in [0.2, 0.25) is 0 Å². The maximum absolute atomic E-state index is 12.8. The van der Waals surface area contributed by atoms with E-state index in [1.807, 2.05) is 12.1 Å². The lowest BCUT2D eigenvalue weighted by Crippen LogP contribution is -2.13. The molecule has 88 valence electrons.